The molecule has 0 fully saturated rings. The molecule has 176 valence electrons. The number of amides is 1. The zero-order valence-corrected chi connectivity index (χ0v) is 21.2. The van der Waals surface area contributed by atoms with Crippen LogP contribution in [-0.4, -0.2) is 15.4 Å². The number of para-hydroxylation sites is 1. The lowest BCUT2D eigenvalue weighted by atomic mass is 9.86. The van der Waals surface area contributed by atoms with Crippen molar-refractivity contribution in [2.45, 2.75) is 38.3 Å². The standard InChI is InChI=1S/C30H26BrFN2O/c1-33-26-9-5-4-8-25(26)27(28(33)20-12-14-21(31)15-13-20)29-23-6-2-3-7-24(23)30(35)34(29)18-19-10-16-22(32)17-11-19/h4-5,8-17,29H,2-3,6-7,18H2,1H3. The van der Waals surface area contributed by atoms with Gasteiger partial charge in [0.1, 0.15) is 5.82 Å². The summed E-state index contributed by atoms with van der Waals surface area (Å²) < 4.78 is 16.9. The normalized spacial score (nSPS) is 18.0. The van der Waals surface area contributed by atoms with Gasteiger partial charge in [-0.3, -0.25) is 4.79 Å². The molecule has 0 saturated heterocycles. The third-order valence-corrected chi connectivity index (χ3v) is 8.00. The van der Waals surface area contributed by atoms with Gasteiger partial charge in [0.15, 0.2) is 0 Å². The van der Waals surface area contributed by atoms with Crippen LogP contribution in [0.4, 0.5) is 4.39 Å². The molecule has 1 unspecified atom stereocenters. The van der Waals surface area contributed by atoms with Crippen LogP contribution in [0.15, 0.2) is 88.4 Å². The van der Waals surface area contributed by atoms with Gasteiger partial charge in [-0.1, -0.05) is 58.4 Å². The number of carbonyl (C=O) groups excluding carboxylic acids is 1. The van der Waals surface area contributed by atoms with E-state index in [1.165, 1.54) is 28.7 Å². The highest BCUT2D eigenvalue weighted by Crippen LogP contribution is 2.50. The second-order valence-corrected chi connectivity index (χ2v) is 10.4. The molecule has 3 aromatic carbocycles. The predicted molar refractivity (Wildman–Crippen MR) is 141 cm³/mol. The van der Waals surface area contributed by atoms with E-state index in [4.69, 9.17) is 0 Å². The van der Waals surface area contributed by atoms with Gasteiger partial charge in [0.25, 0.3) is 5.91 Å². The number of rotatable bonds is 4. The highest BCUT2D eigenvalue weighted by Gasteiger charge is 2.43. The van der Waals surface area contributed by atoms with Crippen molar-refractivity contribution in [3.05, 3.63) is 105 Å². The molecule has 0 saturated carbocycles. The first kappa shape index (κ1) is 22.3. The molecule has 2 heterocycles. The summed E-state index contributed by atoms with van der Waals surface area (Å²) in [4.78, 5) is 15.8. The summed E-state index contributed by atoms with van der Waals surface area (Å²) in [6, 6.07) is 23.3. The Morgan fingerprint density at radius 3 is 2.43 bits per heavy atom. The Balaban J connectivity index is 1.58. The van der Waals surface area contributed by atoms with E-state index in [0.717, 1.165) is 58.1 Å². The number of aryl methyl sites for hydroxylation is 1. The average molecular weight is 529 g/mol. The number of hydrogen-bond donors (Lipinski definition) is 0. The van der Waals surface area contributed by atoms with E-state index in [9.17, 15) is 9.18 Å². The second kappa shape index (κ2) is 8.80. The fraction of sp³-hybridized carbons (Fsp3) is 0.233. The molecule has 35 heavy (non-hydrogen) atoms. The van der Waals surface area contributed by atoms with Gasteiger partial charge in [0.2, 0.25) is 0 Å². The molecular formula is C30H26BrFN2O. The number of fused-ring (bicyclic) bond motifs is 1. The van der Waals surface area contributed by atoms with Crippen molar-refractivity contribution in [3.8, 4) is 11.3 Å². The van der Waals surface area contributed by atoms with Crippen molar-refractivity contribution < 1.29 is 9.18 Å². The Morgan fingerprint density at radius 1 is 0.943 bits per heavy atom. The van der Waals surface area contributed by atoms with Gasteiger partial charge in [-0.15, -0.1) is 0 Å². The maximum absolute atomic E-state index is 13.8. The Labute approximate surface area is 213 Å². The van der Waals surface area contributed by atoms with Crippen LogP contribution in [0.2, 0.25) is 0 Å². The van der Waals surface area contributed by atoms with Crippen LogP contribution in [0, 0.1) is 5.82 Å². The maximum atomic E-state index is 13.8. The molecule has 6 rings (SSSR count). The first-order chi connectivity index (χ1) is 17.0. The van der Waals surface area contributed by atoms with E-state index in [0.29, 0.717) is 6.54 Å². The number of nitrogens with zero attached hydrogens (tertiary/aromatic N) is 2. The van der Waals surface area contributed by atoms with Crippen molar-refractivity contribution >= 4 is 32.7 Å². The minimum Gasteiger partial charge on any atom is -0.343 e. The Morgan fingerprint density at radius 2 is 1.66 bits per heavy atom. The summed E-state index contributed by atoms with van der Waals surface area (Å²) in [7, 11) is 2.11. The molecule has 5 heteroatoms. The zero-order chi connectivity index (χ0) is 24.1. The van der Waals surface area contributed by atoms with Crippen LogP contribution < -0.4 is 0 Å². The molecule has 4 aromatic rings. The molecule has 0 spiro atoms. The summed E-state index contributed by atoms with van der Waals surface area (Å²) >= 11 is 3.57. The molecule has 0 N–H and O–H groups in total. The third kappa shape index (κ3) is 3.73. The molecule has 1 aliphatic carbocycles. The van der Waals surface area contributed by atoms with Crippen molar-refractivity contribution in [2.75, 3.05) is 0 Å². The molecule has 2 aliphatic rings. The van der Waals surface area contributed by atoms with Crippen LogP contribution in [0.25, 0.3) is 22.2 Å². The minimum absolute atomic E-state index is 0.128. The molecule has 1 aromatic heterocycles. The Kier molecular flexibility index (Phi) is 5.60. The molecule has 3 nitrogen and oxygen atoms in total. The highest BCUT2D eigenvalue weighted by atomic mass is 79.9. The number of carbonyl (C=O) groups is 1. The first-order valence-electron chi connectivity index (χ1n) is 12.1. The zero-order valence-electron chi connectivity index (χ0n) is 19.6. The highest BCUT2D eigenvalue weighted by molar-refractivity contribution is 9.10. The van der Waals surface area contributed by atoms with Gasteiger partial charge in [0, 0.05) is 40.1 Å². The molecule has 1 atom stereocenters. The Bertz CT molecular complexity index is 1470. The quantitative estimate of drug-likeness (QED) is 0.266. The second-order valence-electron chi connectivity index (χ2n) is 9.52. The lowest BCUT2D eigenvalue weighted by Crippen LogP contribution is -2.30. The van der Waals surface area contributed by atoms with Crippen LogP contribution in [-0.2, 0) is 18.4 Å². The van der Waals surface area contributed by atoms with Crippen LogP contribution >= 0.6 is 15.9 Å². The molecule has 0 bridgehead atoms. The van der Waals surface area contributed by atoms with E-state index in [1.54, 1.807) is 12.1 Å². The average Bonchev–Trinajstić information content (AvgIpc) is 3.32. The Hall–Kier alpha value is -3.18. The smallest absolute Gasteiger partial charge is 0.250 e. The number of halogens is 2. The van der Waals surface area contributed by atoms with Crippen molar-refractivity contribution in [3.63, 3.8) is 0 Å². The largest absolute Gasteiger partial charge is 0.343 e. The van der Waals surface area contributed by atoms with Crippen molar-refractivity contribution in [1.82, 2.24) is 9.47 Å². The van der Waals surface area contributed by atoms with Crippen molar-refractivity contribution in [1.29, 1.82) is 0 Å². The number of hydrogen-bond acceptors (Lipinski definition) is 1. The SMILES string of the molecule is Cn1c(-c2ccc(Br)cc2)c(C2C3=C(CCCC3)C(=O)N2Cc2ccc(F)cc2)c2ccccc21. The molecule has 1 aliphatic heterocycles. The summed E-state index contributed by atoms with van der Waals surface area (Å²) in [5.41, 5.74) is 7.79. The predicted octanol–water partition coefficient (Wildman–Crippen LogP) is 7.70. The topological polar surface area (TPSA) is 25.2 Å². The van der Waals surface area contributed by atoms with E-state index in [2.05, 4.69) is 76.1 Å². The van der Waals surface area contributed by atoms with E-state index < -0.39 is 0 Å². The van der Waals surface area contributed by atoms with Gasteiger partial charge in [-0.25, -0.2) is 4.39 Å². The lowest BCUT2D eigenvalue weighted by Gasteiger charge is -2.29. The van der Waals surface area contributed by atoms with Gasteiger partial charge in [-0.05, 0) is 72.7 Å². The van der Waals surface area contributed by atoms with Gasteiger partial charge < -0.3 is 9.47 Å². The summed E-state index contributed by atoms with van der Waals surface area (Å²) in [6.45, 7) is 0.458. The van der Waals surface area contributed by atoms with Crippen LogP contribution in [0.1, 0.15) is 42.9 Å². The summed E-state index contributed by atoms with van der Waals surface area (Å²) in [5.74, 6) is -0.134. The van der Waals surface area contributed by atoms with E-state index in [1.807, 2.05) is 4.90 Å². The summed E-state index contributed by atoms with van der Waals surface area (Å²) in [5, 5.41) is 1.18. The summed E-state index contributed by atoms with van der Waals surface area (Å²) in [6.07, 6.45) is 3.93. The number of benzene rings is 3. The van der Waals surface area contributed by atoms with Gasteiger partial charge in [-0.2, -0.15) is 0 Å². The van der Waals surface area contributed by atoms with Gasteiger partial charge >= 0.3 is 0 Å². The molecule has 0 radical (unpaired) electrons. The number of aromatic nitrogens is 1. The fourth-order valence-electron chi connectivity index (χ4n) is 5.89. The molecule has 1 amide bonds. The lowest BCUT2D eigenvalue weighted by molar-refractivity contribution is -0.127. The molecular weight excluding hydrogens is 503 g/mol. The monoisotopic (exact) mass is 528 g/mol. The van der Waals surface area contributed by atoms with Crippen molar-refractivity contribution in [2.24, 2.45) is 7.05 Å². The third-order valence-electron chi connectivity index (χ3n) is 7.47. The van der Waals surface area contributed by atoms with Gasteiger partial charge in [0.05, 0.1) is 11.7 Å². The van der Waals surface area contributed by atoms with E-state index in [-0.39, 0.29) is 17.8 Å². The first-order valence-corrected chi connectivity index (χ1v) is 12.9. The van der Waals surface area contributed by atoms with Crippen LogP contribution in [0.3, 0.4) is 0 Å². The fourth-order valence-corrected chi connectivity index (χ4v) is 6.15. The van der Waals surface area contributed by atoms with E-state index >= 15 is 0 Å². The minimum atomic E-state index is -0.262. The van der Waals surface area contributed by atoms with Crippen LogP contribution in [0.5, 0.6) is 0 Å². The maximum Gasteiger partial charge on any atom is 0.250 e.